The summed E-state index contributed by atoms with van der Waals surface area (Å²) in [6.45, 7) is 9.78. The highest BCUT2D eigenvalue weighted by atomic mass is 16.5. The van der Waals surface area contributed by atoms with Gasteiger partial charge in [-0.25, -0.2) is 0 Å². The van der Waals surface area contributed by atoms with Crippen LogP contribution in [-0.4, -0.2) is 39.7 Å². The summed E-state index contributed by atoms with van der Waals surface area (Å²) in [5.74, 6) is 3.16. The van der Waals surface area contributed by atoms with Crippen molar-refractivity contribution in [1.29, 1.82) is 0 Å². The van der Waals surface area contributed by atoms with Crippen molar-refractivity contribution in [1.82, 2.24) is 20.0 Å². The fraction of sp³-hybridized carbons (Fsp3) is 0.611. The minimum absolute atomic E-state index is 0.288. The van der Waals surface area contributed by atoms with Crippen LogP contribution in [0, 0.1) is 0 Å². The zero-order valence-corrected chi connectivity index (χ0v) is 14.7. The summed E-state index contributed by atoms with van der Waals surface area (Å²) < 4.78 is 10.9. The Morgan fingerprint density at radius 1 is 1.29 bits per heavy atom. The maximum absolute atomic E-state index is 5.52. The number of nitrogens with zero attached hydrogens (tertiary/aromatic N) is 4. The Kier molecular flexibility index (Phi) is 5.45. The standard InChI is InChI=1S/C18H26N4O2/c1-4-23-16-9-14(10-19-11-16)12-22-7-5-15(6-8-22)17-20-18(13(2)3)24-21-17/h9-11,13,15H,4-8,12H2,1-3H3. The molecular weight excluding hydrogens is 304 g/mol. The molecule has 0 aliphatic carbocycles. The van der Waals surface area contributed by atoms with E-state index >= 15 is 0 Å². The van der Waals surface area contributed by atoms with Crippen LogP contribution in [0.25, 0.3) is 0 Å². The van der Waals surface area contributed by atoms with Crippen LogP contribution in [0.1, 0.15) is 62.7 Å². The van der Waals surface area contributed by atoms with Gasteiger partial charge in [0, 0.05) is 24.6 Å². The third-order valence-corrected chi connectivity index (χ3v) is 4.39. The summed E-state index contributed by atoms with van der Waals surface area (Å²) in [6, 6.07) is 2.08. The van der Waals surface area contributed by atoms with Crippen molar-refractivity contribution < 1.29 is 9.26 Å². The smallest absolute Gasteiger partial charge is 0.229 e. The van der Waals surface area contributed by atoms with Crippen molar-refractivity contribution >= 4 is 0 Å². The lowest BCUT2D eigenvalue weighted by Crippen LogP contribution is -2.32. The number of hydrogen-bond donors (Lipinski definition) is 0. The van der Waals surface area contributed by atoms with Crippen LogP contribution >= 0.6 is 0 Å². The van der Waals surface area contributed by atoms with Gasteiger partial charge < -0.3 is 9.26 Å². The average molecular weight is 330 g/mol. The highest BCUT2D eigenvalue weighted by Crippen LogP contribution is 2.28. The van der Waals surface area contributed by atoms with Crippen LogP contribution in [0.2, 0.25) is 0 Å². The zero-order valence-electron chi connectivity index (χ0n) is 14.7. The quantitative estimate of drug-likeness (QED) is 0.809. The molecule has 0 radical (unpaired) electrons. The zero-order chi connectivity index (χ0) is 16.9. The van der Waals surface area contributed by atoms with E-state index in [2.05, 4.69) is 39.9 Å². The van der Waals surface area contributed by atoms with E-state index in [0.29, 0.717) is 12.5 Å². The van der Waals surface area contributed by atoms with Crippen molar-refractivity contribution in [3.05, 3.63) is 35.7 Å². The molecule has 0 spiro atoms. The molecule has 0 saturated carbocycles. The highest BCUT2D eigenvalue weighted by molar-refractivity contribution is 5.23. The summed E-state index contributed by atoms with van der Waals surface area (Å²) in [7, 11) is 0. The Morgan fingerprint density at radius 2 is 2.08 bits per heavy atom. The number of aromatic nitrogens is 3. The summed E-state index contributed by atoms with van der Waals surface area (Å²) in [5.41, 5.74) is 1.20. The Balaban J connectivity index is 1.54. The molecule has 0 bridgehead atoms. The topological polar surface area (TPSA) is 64.3 Å². The van der Waals surface area contributed by atoms with Crippen LogP contribution in [0.5, 0.6) is 5.75 Å². The van der Waals surface area contributed by atoms with Crippen molar-refractivity contribution in [3.8, 4) is 5.75 Å². The first-order chi connectivity index (χ1) is 11.7. The van der Waals surface area contributed by atoms with Gasteiger partial charge in [-0.1, -0.05) is 19.0 Å². The molecule has 0 amide bonds. The first-order valence-electron chi connectivity index (χ1n) is 8.78. The van der Waals surface area contributed by atoms with Crippen LogP contribution in [-0.2, 0) is 6.54 Å². The van der Waals surface area contributed by atoms with E-state index in [1.165, 1.54) is 5.56 Å². The Bertz CT molecular complexity index is 648. The average Bonchev–Trinajstić information content (AvgIpc) is 3.07. The molecule has 0 N–H and O–H groups in total. The maximum atomic E-state index is 5.52. The largest absolute Gasteiger partial charge is 0.492 e. The van der Waals surface area contributed by atoms with Gasteiger partial charge in [0.15, 0.2) is 5.82 Å². The van der Waals surface area contributed by atoms with E-state index in [0.717, 1.165) is 49.9 Å². The molecule has 1 aliphatic heterocycles. The van der Waals surface area contributed by atoms with Crippen molar-refractivity contribution in [2.75, 3.05) is 19.7 Å². The molecule has 2 aromatic rings. The molecule has 0 unspecified atom stereocenters. The lowest BCUT2D eigenvalue weighted by Gasteiger charge is -2.30. The Hall–Kier alpha value is -1.95. The normalized spacial score (nSPS) is 16.7. The van der Waals surface area contributed by atoms with Gasteiger partial charge in [-0.15, -0.1) is 0 Å². The fourth-order valence-electron chi connectivity index (χ4n) is 3.05. The van der Waals surface area contributed by atoms with E-state index in [1.54, 1.807) is 6.20 Å². The molecule has 3 rings (SSSR count). The summed E-state index contributed by atoms with van der Waals surface area (Å²) >= 11 is 0. The Morgan fingerprint density at radius 3 is 2.75 bits per heavy atom. The van der Waals surface area contributed by atoms with E-state index in [-0.39, 0.29) is 5.92 Å². The first-order valence-corrected chi connectivity index (χ1v) is 8.78. The van der Waals surface area contributed by atoms with Gasteiger partial charge in [-0.3, -0.25) is 9.88 Å². The van der Waals surface area contributed by atoms with Crippen LogP contribution < -0.4 is 4.74 Å². The molecule has 130 valence electrons. The molecule has 3 heterocycles. The van der Waals surface area contributed by atoms with Gasteiger partial charge in [0.25, 0.3) is 0 Å². The van der Waals surface area contributed by atoms with E-state index in [4.69, 9.17) is 9.26 Å². The SMILES string of the molecule is CCOc1cncc(CN2CCC(c3noc(C(C)C)n3)CC2)c1. The van der Waals surface area contributed by atoms with Gasteiger partial charge in [-0.05, 0) is 44.5 Å². The van der Waals surface area contributed by atoms with Crippen molar-refractivity contribution in [2.24, 2.45) is 0 Å². The molecule has 2 aromatic heterocycles. The minimum Gasteiger partial charge on any atom is -0.492 e. The third kappa shape index (κ3) is 4.12. The van der Waals surface area contributed by atoms with Crippen LogP contribution in [0.3, 0.4) is 0 Å². The number of piperidine rings is 1. The van der Waals surface area contributed by atoms with E-state index in [1.807, 2.05) is 13.1 Å². The molecule has 6 heteroatoms. The summed E-state index contributed by atoms with van der Waals surface area (Å²) in [5, 5.41) is 4.17. The van der Waals surface area contributed by atoms with E-state index in [9.17, 15) is 0 Å². The second-order valence-electron chi connectivity index (χ2n) is 6.66. The first kappa shape index (κ1) is 16.9. The summed E-state index contributed by atoms with van der Waals surface area (Å²) in [4.78, 5) is 11.3. The number of pyridine rings is 1. The van der Waals surface area contributed by atoms with Crippen LogP contribution in [0.4, 0.5) is 0 Å². The lowest BCUT2D eigenvalue weighted by molar-refractivity contribution is 0.199. The lowest BCUT2D eigenvalue weighted by atomic mass is 9.96. The molecule has 24 heavy (non-hydrogen) atoms. The summed E-state index contributed by atoms with van der Waals surface area (Å²) in [6.07, 6.45) is 5.82. The van der Waals surface area contributed by atoms with Crippen molar-refractivity contribution in [3.63, 3.8) is 0 Å². The van der Waals surface area contributed by atoms with Crippen LogP contribution in [0.15, 0.2) is 23.0 Å². The van der Waals surface area contributed by atoms with Crippen molar-refractivity contribution in [2.45, 2.75) is 52.0 Å². The maximum Gasteiger partial charge on any atom is 0.229 e. The monoisotopic (exact) mass is 330 g/mol. The fourth-order valence-corrected chi connectivity index (χ4v) is 3.05. The van der Waals surface area contributed by atoms with Gasteiger partial charge in [0.05, 0.1) is 12.8 Å². The minimum atomic E-state index is 0.288. The molecule has 0 aromatic carbocycles. The number of hydrogen-bond acceptors (Lipinski definition) is 6. The van der Waals surface area contributed by atoms with Gasteiger partial charge in [0.2, 0.25) is 5.89 Å². The van der Waals surface area contributed by atoms with E-state index < -0.39 is 0 Å². The van der Waals surface area contributed by atoms with Gasteiger partial charge in [0.1, 0.15) is 5.75 Å². The predicted molar refractivity (Wildman–Crippen MR) is 91.0 cm³/mol. The number of likely N-dealkylation sites (tertiary alicyclic amines) is 1. The molecular formula is C18H26N4O2. The van der Waals surface area contributed by atoms with Gasteiger partial charge >= 0.3 is 0 Å². The third-order valence-electron chi connectivity index (χ3n) is 4.39. The molecule has 1 aliphatic rings. The molecule has 1 saturated heterocycles. The highest BCUT2D eigenvalue weighted by Gasteiger charge is 2.25. The predicted octanol–water partition coefficient (Wildman–Crippen LogP) is 3.37. The van der Waals surface area contributed by atoms with Gasteiger partial charge in [-0.2, -0.15) is 4.98 Å². The molecule has 0 atom stereocenters. The Labute approximate surface area is 143 Å². The molecule has 1 fully saturated rings. The molecule has 6 nitrogen and oxygen atoms in total. The number of rotatable bonds is 6. The number of ether oxygens (including phenoxy) is 1. The second kappa shape index (κ2) is 7.75. The second-order valence-corrected chi connectivity index (χ2v) is 6.66.